The second-order valence-corrected chi connectivity index (χ2v) is 5.68. The molecule has 1 amide bonds. The number of carbonyl (C=O) groups excluding carboxylic acids is 1. The normalized spacial score (nSPS) is 10.8. The molecule has 0 bridgehead atoms. The van der Waals surface area contributed by atoms with Crippen molar-refractivity contribution in [2.24, 2.45) is 7.05 Å². The average Bonchev–Trinajstić information content (AvgIpc) is 2.58. The van der Waals surface area contributed by atoms with Crippen LogP contribution in [0.1, 0.15) is 27.2 Å². The van der Waals surface area contributed by atoms with Crippen LogP contribution in [0, 0.1) is 13.8 Å². The number of hydrogen-bond donors (Lipinski definition) is 1. The summed E-state index contributed by atoms with van der Waals surface area (Å²) in [5.41, 5.74) is 2.84. The number of amides is 1. The van der Waals surface area contributed by atoms with Crippen LogP contribution < -0.4 is 10.9 Å². The minimum atomic E-state index is -0.393. The number of fused-ring (bicyclic) bond motifs is 1. The van der Waals surface area contributed by atoms with Crippen molar-refractivity contribution in [3.63, 3.8) is 0 Å². The van der Waals surface area contributed by atoms with Gasteiger partial charge in [-0.25, -0.2) is 4.68 Å². The summed E-state index contributed by atoms with van der Waals surface area (Å²) >= 11 is 0. The van der Waals surface area contributed by atoms with Gasteiger partial charge in [-0.05, 0) is 37.1 Å². The Hall–Kier alpha value is -3.02. The van der Waals surface area contributed by atoms with Gasteiger partial charge in [0, 0.05) is 25.2 Å². The number of aromatic nitrogens is 3. The van der Waals surface area contributed by atoms with Crippen molar-refractivity contribution in [1.82, 2.24) is 20.1 Å². The molecule has 0 radical (unpaired) electrons. The van der Waals surface area contributed by atoms with Crippen LogP contribution in [0.2, 0.25) is 0 Å². The number of rotatable bonds is 3. The average molecular weight is 322 g/mol. The Kier molecular flexibility index (Phi) is 4.12. The van der Waals surface area contributed by atoms with E-state index in [4.69, 9.17) is 0 Å². The van der Waals surface area contributed by atoms with E-state index in [-0.39, 0.29) is 11.5 Å². The van der Waals surface area contributed by atoms with Crippen LogP contribution in [0.5, 0.6) is 0 Å². The molecule has 3 rings (SSSR count). The highest BCUT2D eigenvalue weighted by molar-refractivity contribution is 5.95. The van der Waals surface area contributed by atoms with Gasteiger partial charge in [-0.2, -0.15) is 5.10 Å². The molecule has 3 aromatic rings. The Morgan fingerprint density at radius 2 is 1.96 bits per heavy atom. The molecule has 2 heterocycles. The van der Waals surface area contributed by atoms with Crippen LogP contribution in [0.4, 0.5) is 0 Å². The summed E-state index contributed by atoms with van der Waals surface area (Å²) in [6.45, 7) is 3.84. The molecule has 0 spiro atoms. The van der Waals surface area contributed by atoms with Crippen molar-refractivity contribution >= 4 is 16.8 Å². The lowest BCUT2D eigenvalue weighted by atomic mass is 10.1. The van der Waals surface area contributed by atoms with Crippen LogP contribution >= 0.6 is 0 Å². The number of pyridine rings is 1. The number of para-hydroxylation sites is 1. The highest BCUT2D eigenvalue weighted by Crippen LogP contribution is 2.16. The van der Waals surface area contributed by atoms with Crippen LogP contribution in [-0.4, -0.2) is 20.7 Å². The van der Waals surface area contributed by atoms with E-state index >= 15 is 0 Å². The fourth-order valence-corrected chi connectivity index (χ4v) is 2.69. The van der Waals surface area contributed by atoms with Gasteiger partial charge < -0.3 is 5.32 Å². The van der Waals surface area contributed by atoms with Crippen LogP contribution in [0.25, 0.3) is 10.9 Å². The summed E-state index contributed by atoms with van der Waals surface area (Å²) in [6.07, 6.45) is 1.71. The molecule has 122 valence electrons. The van der Waals surface area contributed by atoms with E-state index in [0.29, 0.717) is 17.8 Å². The fraction of sp³-hybridized carbons (Fsp3) is 0.222. The van der Waals surface area contributed by atoms with Crippen molar-refractivity contribution in [1.29, 1.82) is 0 Å². The van der Waals surface area contributed by atoms with E-state index in [9.17, 15) is 9.59 Å². The van der Waals surface area contributed by atoms with Crippen molar-refractivity contribution in [2.45, 2.75) is 20.4 Å². The van der Waals surface area contributed by atoms with Crippen LogP contribution in [0.3, 0.4) is 0 Å². The number of benzene rings is 1. The predicted molar refractivity (Wildman–Crippen MR) is 91.9 cm³/mol. The molecule has 0 aliphatic carbocycles. The quantitative estimate of drug-likeness (QED) is 0.799. The van der Waals surface area contributed by atoms with E-state index in [1.807, 2.05) is 30.3 Å². The van der Waals surface area contributed by atoms with Crippen LogP contribution in [0.15, 0.2) is 41.3 Å². The molecule has 0 aliphatic rings. The molecule has 0 unspecified atom stereocenters. The molecule has 2 aromatic heterocycles. The number of carbonyl (C=O) groups is 1. The highest BCUT2D eigenvalue weighted by Gasteiger charge is 2.17. The first-order valence-electron chi connectivity index (χ1n) is 7.64. The molecule has 0 fully saturated rings. The maximum atomic E-state index is 12.5. The molecule has 0 atom stereocenters. The highest BCUT2D eigenvalue weighted by atomic mass is 16.2. The van der Waals surface area contributed by atoms with Crippen molar-refractivity contribution in [3.8, 4) is 0 Å². The summed E-state index contributed by atoms with van der Waals surface area (Å²) in [7, 11) is 1.54. The largest absolute Gasteiger partial charge is 0.348 e. The summed E-state index contributed by atoms with van der Waals surface area (Å²) in [5.74, 6) is -0.389. The Bertz CT molecular complexity index is 987. The molecule has 6 heteroatoms. The summed E-state index contributed by atoms with van der Waals surface area (Å²) in [5, 5.41) is 7.91. The first-order valence-corrected chi connectivity index (χ1v) is 7.64. The molecule has 0 saturated heterocycles. The molecular formula is C18H18N4O2. The SMILES string of the molecule is Cc1nn(C)c(=O)c(C(=O)NCc2ccnc3ccccc23)c1C. The zero-order valence-electron chi connectivity index (χ0n) is 13.8. The Labute approximate surface area is 139 Å². The van der Waals surface area contributed by atoms with Gasteiger partial charge >= 0.3 is 0 Å². The zero-order chi connectivity index (χ0) is 17.3. The fourth-order valence-electron chi connectivity index (χ4n) is 2.69. The van der Waals surface area contributed by atoms with Gasteiger partial charge in [0.05, 0.1) is 11.2 Å². The van der Waals surface area contributed by atoms with Crippen molar-refractivity contribution in [3.05, 3.63) is 69.3 Å². The lowest BCUT2D eigenvalue weighted by molar-refractivity contribution is 0.0947. The monoisotopic (exact) mass is 322 g/mol. The van der Waals surface area contributed by atoms with E-state index in [1.54, 1.807) is 27.1 Å². The number of hydrogen-bond acceptors (Lipinski definition) is 4. The third-order valence-corrected chi connectivity index (χ3v) is 4.13. The lowest BCUT2D eigenvalue weighted by Gasteiger charge is -2.11. The predicted octanol–water partition coefficient (Wildman–Crippen LogP) is 1.88. The zero-order valence-corrected chi connectivity index (χ0v) is 13.8. The second kappa shape index (κ2) is 6.23. The minimum Gasteiger partial charge on any atom is -0.348 e. The van der Waals surface area contributed by atoms with Gasteiger partial charge in [-0.15, -0.1) is 0 Å². The molecule has 1 N–H and O–H groups in total. The van der Waals surface area contributed by atoms with Gasteiger partial charge in [-0.3, -0.25) is 14.6 Å². The van der Waals surface area contributed by atoms with Gasteiger partial charge in [-0.1, -0.05) is 18.2 Å². The Balaban J connectivity index is 1.90. The maximum Gasteiger partial charge on any atom is 0.279 e. The molecule has 0 aliphatic heterocycles. The van der Waals surface area contributed by atoms with Crippen molar-refractivity contribution in [2.75, 3.05) is 0 Å². The molecular weight excluding hydrogens is 304 g/mol. The first-order chi connectivity index (χ1) is 11.5. The second-order valence-electron chi connectivity index (χ2n) is 5.68. The maximum absolute atomic E-state index is 12.5. The Morgan fingerprint density at radius 3 is 2.75 bits per heavy atom. The molecule has 24 heavy (non-hydrogen) atoms. The van der Waals surface area contributed by atoms with Crippen LogP contribution in [-0.2, 0) is 13.6 Å². The standard InChI is InChI=1S/C18H18N4O2/c1-11-12(2)21-22(3)18(24)16(11)17(23)20-10-13-8-9-19-15-7-5-4-6-14(13)15/h4-9H,10H2,1-3H3,(H,20,23). The van der Waals surface area contributed by atoms with E-state index in [0.717, 1.165) is 16.5 Å². The van der Waals surface area contributed by atoms with Gasteiger partial charge in [0.2, 0.25) is 0 Å². The van der Waals surface area contributed by atoms with E-state index < -0.39 is 5.56 Å². The summed E-state index contributed by atoms with van der Waals surface area (Å²) in [6, 6.07) is 9.61. The third kappa shape index (κ3) is 2.78. The smallest absolute Gasteiger partial charge is 0.279 e. The number of nitrogens with zero attached hydrogens (tertiary/aromatic N) is 3. The lowest BCUT2D eigenvalue weighted by Crippen LogP contribution is -2.34. The number of nitrogens with one attached hydrogen (secondary N) is 1. The first kappa shape index (κ1) is 15.9. The Morgan fingerprint density at radius 1 is 1.21 bits per heavy atom. The van der Waals surface area contributed by atoms with Crippen molar-refractivity contribution < 1.29 is 4.79 Å². The van der Waals surface area contributed by atoms with Gasteiger partial charge in [0.1, 0.15) is 5.56 Å². The van der Waals surface area contributed by atoms with Gasteiger partial charge in [0.15, 0.2) is 0 Å². The third-order valence-electron chi connectivity index (χ3n) is 4.13. The van der Waals surface area contributed by atoms with E-state index in [1.165, 1.54) is 4.68 Å². The molecule has 6 nitrogen and oxygen atoms in total. The topological polar surface area (TPSA) is 76.9 Å². The summed E-state index contributed by atoms with van der Waals surface area (Å²) in [4.78, 5) is 29.1. The molecule has 1 aromatic carbocycles. The number of aryl methyl sites for hydroxylation is 2. The van der Waals surface area contributed by atoms with E-state index in [2.05, 4.69) is 15.4 Å². The minimum absolute atomic E-state index is 0.142. The summed E-state index contributed by atoms with van der Waals surface area (Å²) < 4.78 is 1.19. The van der Waals surface area contributed by atoms with Gasteiger partial charge in [0.25, 0.3) is 11.5 Å². The molecule has 0 saturated carbocycles.